The van der Waals surface area contributed by atoms with Gasteiger partial charge in [-0.25, -0.2) is 4.57 Å². The minimum Gasteiger partial charge on any atom is -0.413 e. The Morgan fingerprint density at radius 2 is 1.60 bits per heavy atom. The first kappa shape index (κ1) is 21.4. The summed E-state index contributed by atoms with van der Waals surface area (Å²) < 4.78 is 20.0. The molecule has 3 atom stereocenters. The second-order valence-electron chi connectivity index (χ2n) is 7.42. The molecule has 0 aromatic heterocycles. The smallest absolute Gasteiger partial charge is 0.413 e. The van der Waals surface area contributed by atoms with Crippen molar-refractivity contribution in [1.29, 1.82) is 0 Å². The van der Waals surface area contributed by atoms with Gasteiger partial charge in [0.2, 0.25) is 0 Å². The van der Waals surface area contributed by atoms with Gasteiger partial charge in [-0.2, -0.15) is 4.67 Å². The van der Waals surface area contributed by atoms with Gasteiger partial charge in [0.15, 0.2) is 0 Å². The lowest BCUT2D eigenvalue weighted by molar-refractivity contribution is 0.243. The maximum Gasteiger partial charge on any atom is 0.459 e. The maximum atomic E-state index is 13.1. The fraction of sp³-hybridized carbons (Fsp3) is 0.217. The molecule has 0 bridgehead atoms. The number of hydrogen-bond donors (Lipinski definition) is 1. The first-order valence-corrected chi connectivity index (χ1v) is 12.0. The van der Waals surface area contributed by atoms with E-state index < -0.39 is 7.75 Å². The average molecular weight is 462 g/mol. The molecule has 1 aliphatic carbocycles. The molecule has 3 aromatic carbocycles. The van der Waals surface area contributed by atoms with Gasteiger partial charge in [0.1, 0.15) is 5.75 Å². The molecule has 1 unspecified atom stereocenters. The molecule has 3 aromatic rings. The van der Waals surface area contributed by atoms with E-state index in [-0.39, 0.29) is 12.0 Å². The van der Waals surface area contributed by atoms with Crippen molar-refractivity contribution in [2.75, 3.05) is 7.05 Å². The highest BCUT2D eigenvalue weighted by Gasteiger charge is 2.39. The molecule has 0 heterocycles. The van der Waals surface area contributed by atoms with Gasteiger partial charge in [-0.05, 0) is 60.8 Å². The summed E-state index contributed by atoms with van der Waals surface area (Å²) in [4.78, 5) is 10.7. The van der Waals surface area contributed by atoms with Gasteiger partial charge in [-0.3, -0.25) is 0 Å². The van der Waals surface area contributed by atoms with Crippen molar-refractivity contribution < 1.29 is 14.0 Å². The Labute approximate surface area is 186 Å². The zero-order chi connectivity index (χ0) is 21.3. The van der Waals surface area contributed by atoms with E-state index in [9.17, 15) is 9.46 Å². The monoisotopic (exact) mass is 461 g/mol. The first-order chi connectivity index (χ1) is 14.4. The van der Waals surface area contributed by atoms with E-state index in [1.165, 1.54) is 4.67 Å². The number of halogens is 2. The zero-order valence-electron chi connectivity index (χ0n) is 16.4. The highest BCUT2D eigenvalue weighted by Crippen LogP contribution is 2.54. The number of benzene rings is 3. The van der Waals surface area contributed by atoms with Gasteiger partial charge < -0.3 is 9.42 Å². The Balaban J connectivity index is 1.65. The van der Waals surface area contributed by atoms with Crippen molar-refractivity contribution in [3.05, 3.63) is 99.5 Å². The van der Waals surface area contributed by atoms with Crippen molar-refractivity contribution in [2.24, 2.45) is 0 Å². The number of hydrogen-bond acceptors (Lipinski definition) is 2. The van der Waals surface area contributed by atoms with Crippen molar-refractivity contribution in [1.82, 2.24) is 4.67 Å². The molecular weight excluding hydrogens is 440 g/mol. The van der Waals surface area contributed by atoms with Crippen molar-refractivity contribution >= 4 is 30.9 Å². The molecule has 30 heavy (non-hydrogen) atoms. The predicted octanol–water partition coefficient (Wildman–Crippen LogP) is 7.07. The third-order valence-corrected chi connectivity index (χ3v) is 7.89. The van der Waals surface area contributed by atoms with Gasteiger partial charge in [0, 0.05) is 12.0 Å². The van der Waals surface area contributed by atoms with Crippen LogP contribution in [0.4, 0.5) is 0 Å². The molecule has 1 aliphatic rings. The molecule has 7 heteroatoms. The molecular formula is C23H22Cl2NO3P. The molecule has 4 rings (SSSR count). The van der Waals surface area contributed by atoms with Crippen LogP contribution < -0.4 is 4.52 Å². The van der Waals surface area contributed by atoms with E-state index in [4.69, 9.17) is 27.7 Å². The molecule has 0 amide bonds. The zero-order valence-corrected chi connectivity index (χ0v) is 18.8. The van der Waals surface area contributed by atoms with Crippen molar-refractivity contribution in [3.8, 4) is 5.75 Å². The lowest BCUT2D eigenvalue weighted by Gasteiger charge is -2.37. The molecule has 1 N–H and O–H groups in total. The van der Waals surface area contributed by atoms with Crippen LogP contribution in [0.3, 0.4) is 0 Å². The van der Waals surface area contributed by atoms with Crippen molar-refractivity contribution in [2.45, 2.75) is 24.8 Å². The highest BCUT2D eigenvalue weighted by molar-refractivity contribution is 7.50. The molecule has 0 saturated heterocycles. The molecule has 0 saturated carbocycles. The summed E-state index contributed by atoms with van der Waals surface area (Å²) in [6.07, 6.45) is 1.52. The normalized spacial score (nSPS) is 20.4. The Morgan fingerprint density at radius 1 is 0.933 bits per heavy atom. The van der Waals surface area contributed by atoms with Crippen molar-refractivity contribution in [3.63, 3.8) is 0 Å². The van der Waals surface area contributed by atoms with Crippen LogP contribution in [-0.4, -0.2) is 16.6 Å². The number of rotatable bonds is 5. The van der Waals surface area contributed by atoms with E-state index in [0.717, 1.165) is 23.1 Å². The molecule has 0 fully saturated rings. The summed E-state index contributed by atoms with van der Waals surface area (Å²) >= 11 is 12.3. The van der Waals surface area contributed by atoms with E-state index in [0.29, 0.717) is 22.2 Å². The van der Waals surface area contributed by atoms with Crippen LogP contribution in [0.5, 0.6) is 5.75 Å². The average Bonchev–Trinajstić information content (AvgIpc) is 2.75. The SMILES string of the molecule is CN([C@H]1CC[C@@H](c2ccc(Cl)c(Cl)c2)c2ccccc21)P(=O)(O)Oc1ccccc1. The van der Waals surface area contributed by atoms with Crippen LogP contribution in [0.25, 0.3) is 0 Å². The van der Waals surface area contributed by atoms with Crippen LogP contribution in [0.1, 0.15) is 41.5 Å². The van der Waals surface area contributed by atoms with Crippen LogP contribution in [0, 0.1) is 0 Å². The largest absolute Gasteiger partial charge is 0.459 e. The number of nitrogens with zero attached hydrogens (tertiary/aromatic N) is 1. The Morgan fingerprint density at radius 3 is 2.30 bits per heavy atom. The molecule has 0 spiro atoms. The van der Waals surface area contributed by atoms with Crippen LogP contribution in [-0.2, 0) is 4.57 Å². The quantitative estimate of drug-likeness (QED) is 0.412. The summed E-state index contributed by atoms with van der Waals surface area (Å²) in [5.74, 6) is 0.515. The van der Waals surface area contributed by atoms with Gasteiger partial charge in [-0.1, -0.05) is 71.7 Å². The Kier molecular flexibility index (Phi) is 6.24. The van der Waals surface area contributed by atoms with Crippen LogP contribution in [0.2, 0.25) is 10.0 Å². The topological polar surface area (TPSA) is 49.8 Å². The van der Waals surface area contributed by atoms with Gasteiger partial charge in [-0.15, -0.1) is 0 Å². The second-order valence-corrected chi connectivity index (χ2v) is 10.0. The Hall–Kier alpha value is -1.81. The van der Waals surface area contributed by atoms with Gasteiger partial charge in [0.05, 0.1) is 10.0 Å². The first-order valence-electron chi connectivity index (χ1n) is 9.71. The summed E-state index contributed by atoms with van der Waals surface area (Å²) in [6.45, 7) is 0. The molecule has 156 valence electrons. The van der Waals surface area contributed by atoms with E-state index in [2.05, 4.69) is 6.07 Å². The minimum absolute atomic E-state index is 0.147. The summed E-state index contributed by atoms with van der Waals surface area (Å²) in [7, 11) is -2.40. The van der Waals surface area contributed by atoms with Crippen LogP contribution >= 0.6 is 30.9 Å². The van der Waals surface area contributed by atoms with E-state index in [1.54, 1.807) is 31.3 Å². The summed E-state index contributed by atoms with van der Waals surface area (Å²) in [6, 6.07) is 22.2. The molecule has 4 nitrogen and oxygen atoms in total. The third kappa shape index (κ3) is 4.30. The third-order valence-electron chi connectivity index (χ3n) is 5.62. The fourth-order valence-electron chi connectivity index (χ4n) is 4.09. The lowest BCUT2D eigenvalue weighted by atomic mass is 9.77. The number of fused-ring (bicyclic) bond motifs is 1. The molecule has 0 radical (unpaired) electrons. The second kappa shape index (κ2) is 8.74. The lowest BCUT2D eigenvalue weighted by Crippen LogP contribution is -2.28. The Bertz CT molecular complexity index is 1090. The molecule has 0 aliphatic heterocycles. The standard InChI is InChI=1S/C23H22Cl2NO3P/c1-26(30(27,28)29-17-7-3-2-4-8-17)23-14-12-18(19-9-5-6-10-20(19)23)16-11-13-21(24)22(25)15-16/h2-11,13,15,18,23H,12,14H2,1H3,(H,27,28)/t18-,23-/m0/s1. The maximum absolute atomic E-state index is 13.1. The number of para-hydroxylation sites is 1. The predicted molar refractivity (Wildman–Crippen MR) is 121 cm³/mol. The summed E-state index contributed by atoms with van der Waals surface area (Å²) in [5.41, 5.74) is 3.23. The summed E-state index contributed by atoms with van der Waals surface area (Å²) in [5, 5.41) is 1.06. The fourth-order valence-corrected chi connectivity index (χ4v) is 5.51. The van der Waals surface area contributed by atoms with Crippen LogP contribution in [0.15, 0.2) is 72.8 Å². The van der Waals surface area contributed by atoms with E-state index in [1.807, 2.05) is 42.5 Å². The van der Waals surface area contributed by atoms with Gasteiger partial charge in [0.25, 0.3) is 0 Å². The minimum atomic E-state index is -4.04. The highest BCUT2D eigenvalue weighted by atomic mass is 35.5. The van der Waals surface area contributed by atoms with Gasteiger partial charge >= 0.3 is 7.75 Å². The van der Waals surface area contributed by atoms with E-state index >= 15 is 0 Å².